The first-order chi connectivity index (χ1) is 14.7. The molecule has 0 atom stereocenters. The summed E-state index contributed by atoms with van der Waals surface area (Å²) in [6, 6.07) is 26.0. The van der Waals surface area contributed by atoms with Gasteiger partial charge in [-0.05, 0) is 35.4 Å². The van der Waals surface area contributed by atoms with Gasteiger partial charge in [-0.3, -0.25) is 4.79 Å². The molecule has 0 heterocycles. The molecule has 0 unspecified atom stereocenters. The fourth-order valence-electron chi connectivity index (χ4n) is 2.62. The second-order valence-electron chi connectivity index (χ2n) is 6.39. The van der Waals surface area contributed by atoms with Gasteiger partial charge in [0.1, 0.15) is 19.0 Å². The highest BCUT2D eigenvalue weighted by molar-refractivity contribution is 6.06. The maximum Gasteiger partial charge on any atom is 0.330 e. The molecular formula is C26H22O4. The highest BCUT2D eigenvalue weighted by Crippen LogP contribution is 2.14. The van der Waals surface area contributed by atoms with Crippen LogP contribution in [-0.4, -0.2) is 25.0 Å². The first kappa shape index (κ1) is 20.8. The number of carbonyl (C=O) groups excluding carboxylic acids is 2. The molecule has 0 fully saturated rings. The van der Waals surface area contributed by atoms with Gasteiger partial charge in [-0.1, -0.05) is 78.9 Å². The molecule has 0 aliphatic rings. The van der Waals surface area contributed by atoms with E-state index in [-0.39, 0.29) is 19.0 Å². The van der Waals surface area contributed by atoms with Gasteiger partial charge in [0.25, 0.3) is 0 Å². The first-order valence-corrected chi connectivity index (χ1v) is 9.61. The predicted octanol–water partition coefficient (Wildman–Crippen LogP) is 5.22. The van der Waals surface area contributed by atoms with Crippen LogP contribution in [0.1, 0.15) is 21.5 Å². The molecule has 0 saturated carbocycles. The molecule has 0 bridgehead atoms. The van der Waals surface area contributed by atoms with E-state index in [9.17, 15) is 9.59 Å². The normalized spacial score (nSPS) is 10.9. The van der Waals surface area contributed by atoms with Crippen molar-refractivity contribution in [2.75, 3.05) is 13.2 Å². The quantitative estimate of drug-likeness (QED) is 0.215. The van der Waals surface area contributed by atoms with E-state index in [0.29, 0.717) is 11.3 Å². The lowest BCUT2D eigenvalue weighted by Crippen LogP contribution is -2.10. The minimum atomic E-state index is -0.411. The van der Waals surface area contributed by atoms with Crippen LogP contribution in [0, 0.1) is 0 Å². The Labute approximate surface area is 176 Å². The minimum absolute atomic E-state index is 0.0425. The molecule has 0 aliphatic heterocycles. The maximum atomic E-state index is 12.1. The summed E-state index contributed by atoms with van der Waals surface area (Å²) in [5, 5.41) is 0. The number of rotatable bonds is 9. The Morgan fingerprint density at radius 2 is 1.27 bits per heavy atom. The number of hydrogen-bond donors (Lipinski definition) is 0. The number of hydrogen-bond acceptors (Lipinski definition) is 4. The monoisotopic (exact) mass is 398 g/mol. The molecule has 3 aromatic carbocycles. The van der Waals surface area contributed by atoms with Crippen LogP contribution in [-0.2, 0) is 9.53 Å². The second kappa shape index (κ2) is 11.2. The van der Waals surface area contributed by atoms with E-state index in [2.05, 4.69) is 0 Å². The number of carbonyl (C=O) groups is 2. The molecule has 4 heteroatoms. The van der Waals surface area contributed by atoms with Crippen molar-refractivity contribution in [2.24, 2.45) is 0 Å². The fraction of sp³-hybridized carbons (Fsp3) is 0.0769. The highest BCUT2D eigenvalue weighted by Gasteiger charge is 2.01. The lowest BCUT2D eigenvalue weighted by Gasteiger charge is -2.06. The summed E-state index contributed by atoms with van der Waals surface area (Å²) in [6.07, 6.45) is 6.42. The Bertz CT molecular complexity index is 1000. The number of ketones is 1. The third kappa shape index (κ3) is 6.91. The van der Waals surface area contributed by atoms with Crippen LogP contribution in [0.3, 0.4) is 0 Å². The first-order valence-electron chi connectivity index (χ1n) is 9.61. The summed E-state index contributed by atoms with van der Waals surface area (Å²) in [5.41, 5.74) is 2.48. The van der Waals surface area contributed by atoms with E-state index in [0.717, 1.165) is 11.1 Å². The van der Waals surface area contributed by atoms with E-state index in [1.165, 1.54) is 6.08 Å². The third-order valence-corrected chi connectivity index (χ3v) is 4.17. The molecule has 0 aliphatic carbocycles. The fourth-order valence-corrected chi connectivity index (χ4v) is 2.62. The van der Waals surface area contributed by atoms with Gasteiger partial charge in [0.05, 0.1) is 0 Å². The predicted molar refractivity (Wildman–Crippen MR) is 118 cm³/mol. The number of esters is 1. The van der Waals surface area contributed by atoms with Crippen LogP contribution < -0.4 is 4.74 Å². The molecule has 4 nitrogen and oxygen atoms in total. The zero-order valence-corrected chi connectivity index (χ0v) is 16.4. The number of allylic oxidation sites excluding steroid dienone is 1. The zero-order valence-electron chi connectivity index (χ0n) is 16.4. The van der Waals surface area contributed by atoms with Crippen molar-refractivity contribution in [3.8, 4) is 5.75 Å². The van der Waals surface area contributed by atoms with Crippen LogP contribution in [0.15, 0.2) is 97.1 Å². The van der Waals surface area contributed by atoms with Crippen LogP contribution in [0.4, 0.5) is 0 Å². The summed E-state index contributed by atoms with van der Waals surface area (Å²) in [6.45, 7) is 0.414. The summed E-state index contributed by atoms with van der Waals surface area (Å²) in [5.74, 6) is 0.211. The summed E-state index contributed by atoms with van der Waals surface area (Å²) in [7, 11) is 0. The lowest BCUT2D eigenvalue weighted by atomic mass is 10.1. The van der Waals surface area contributed by atoms with Crippen LogP contribution in [0.5, 0.6) is 5.75 Å². The Balaban J connectivity index is 1.39. The third-order valence-electron chi connectivity index (χ3n) is 4.17. The van der Waals surface area contributed by atoms with E-state index in [1.807, 2.05) is 72.8 Å². The van der Waals surface area contributed by atoms with Gasteiger partial charge in [0.2, 0.25) is 0 Å². The molecule has 30 heavy (non-hydrogen) atoms. The van der Waals surface area contributed by atoms with Gasteiger partial charge in [-0.15, -0.1) is 0 Å². The van der Waals surface area contributed by atoms with Crippen molar-refractivity contribution >= 4 is 23.9 Å². The number of ether oxygens (including phenoxy) is 2. The summed E-state index contributed by atoms with van der Waals surface area (Å²) < 4.78 is 10.7. The molecule has 0 amide bonds. The van der Waals surface area contributed by atoms with Crippen molar-refractivity contribution in [3.05, 3.63) is 114 Å². The largest absolute Gasteiger partial charge is 0.490 e. The van der Waals surface area contributed by atoms with Crippen molar-refractivity contribution in [2.45, 2.75) is 0 Å². The van der Waals surface area contributed by atoms with E-state index in [1.54, 1.807) is 30.4 Å². The summed E-state index contributed by atoms with van der Waals surface area (Å²) in [4.78, 5) is 23.8. The average molecular weight is 398 g/mol. The van der Waals surface area contributed by atoms with Crippen molar-refractivity contribution in [1.29, 1.82) is 0 Å². The summed E-state index contributed by atoms with van der Waals surface area (Å²) >= 11 is 0. The lowest BCUT2D eigenvalue weighted by molar-refractivity contribution is -0.138. The molecule has 0 saturated heterocycles. The van der Waals surface area contributed by atoms with Crippen molar-refractivity contribution < 1.29 is 19.1 Å². The average Bonchev–Trinajstić information content (AvgIpc) is 2.81. The molecule has 150 valence electrons. The topological polar surface area (TPSA) is 52.6 Å². The van der Waals surface area contributed by atoms with Gasteiger partial charge in [-0.2, -0.15) is 0 Å². The minimum Gasteiger partial charge on any atom is -0.490 e. The Kier molecular flexibility index (Phi) is 7.75. The molecule has 0 radical (unpaired) electrons. The smallest absolute Gasteiger partial charge is 0.330 e. The number of benzene rings is 3. The molecule has 0 N–H and O–H groups in total. The van der Waals surface area contributed by atoms with Gasteiger partial charge in [-0.25, -0.2) is 4.79 Å². The molecule has 3 rings (SSSR count). The zero-order chi connectivity index (χ0) is 21.0. The molecule has 3 aromatic rings. The van der Waals surface area contributed by atoms with E-state index < -0.39 is 5.97 Å². The van der Waals surface area contributed by atoms with Gasteiger partial charge in [0, 0.05) is 11.6 Å². The Morgan fingerprint density at radius 3 is 1.97 bits per heavy atom. The standard InChI is InChI=1S/C26H22O4/c27-25(23-9-5-2-6-10-23)17-13-22-11-15-24(16-12-22)29-19-20-30-26(28)18-14-21-7-3-1-4-8-21/h1-18H,19-20H2/b17-13+,18-14+. The second-order valence-corrected chi connectivity index (χ2v) is 6.39. The Morgan fingerprint density at radius 1 is 0.667 bits per heavy atom. The van der Waals surface area contributed by atoms with E-state index >= 15 is 0 Å². The highest BCUT2D eigenvalue weighted by atomic mass is 16.6. The Hall–Kier alpha value is -3.92. The molecular weight excluding hydrogens is 376 g/mol. The maximum absolute atomic E-state index is 12.1. The van der Waals surface area contributed by atoms with Crippen LogP contribution in [0.25, 0.3) is 12.2 Å². The van der Waals surface area contributed by atoms with E-state index in [4.69, 9.17) is 9.47 Å². The van der Waals surface area contributed by atoms with Crippen molar-refractivity contribution in [3.63, 3.8) is 0 Å². The van der Waals surface area contributed by atoms with Crippen LogP contribution >= 0.6 is 0 Å². The molecule has 0 aromatic heterocycles. The molecule has 0 spiro atoms. The van der Waals surface area contributed by atoms with Crippen LogP contribution in [0.2, 0.25) is 0 Å². The van der Waals surface area contributed by atoms with Gasteiger partial charge < -0.3 is 9.47 Å². The van der Waals surface area contributed by atoms with Gasteiger partial charge >= 0.3 is 5.97 Å². The SMILES string of the molecule is O=C(/C=C/c1ccccc1)OCCOc1ccc(/C=C/C(=O)c2ccccc2)cc1. The van der Waals surface area contributed by atoms with Gasteiger partial charge in [0.15, 0.2) is 5.78 Å². The van der Waals surface area contributed by atoms with Crippen molar-refractivity contribution in [1.82, 2.24) is 0 Å².